The molecule has 0 saturated carbocycles. The third kappa shape index (κ3) is 2.12. The number of fused-ring (bicyclic) bond motifs is 1. The maximum absolute atomic E-state index is 14.4. The highest BCUT2D eigenvalue weighted by Crippen LogP contribution is 2.42. The molecule has 6 heteroatoms. The van der Waals surface area contributed by atoms with Gasteiger partial charge in [0, 0.05) is 18.5 Å². The number of hydrogen-bond donors (Lipinski definition) is 1. The Kier molecular flexibility index (Phi) is 3.11. The van der Waals surface area contributed by atoms with Crippen LogP contribution in [-0.2, 0) is 0 Å². The summed E-state index contributed by atoms with van der Waals surface area (Å²) in [5, 5.41) is 3.92. The van der Waals surface area contributed by atoms with E-state index in [0.29, 0.717) is 20.8 Å². The van der Waals surface area contributed by atoms with E-state index in [9.17, 15) is 4.39 Å². The molecule has 4 rings (SSSR count). The first-order valence-electron chi connectivity index (χ1n) is 7.23. The van der Waals surface area contributed by atoms with E-state index in [4.69, 9.17) is 0 Å². The normalized spacial score (nSPS) is 20.8. The lowest BCUT2D eigenvalue weighted by Crippen LogP contribution is -2.60. The topological polar surface area (TPSA) is 41.1 Å². The minimum atomic E-state index is -0.269. The highest BCUT2D eigenvalue weighted by Gasteiger charge is 2.44. The Bertz CT molecular complexity index is 691. The number of nitrogens with zero attached hydrogens (tertiary/aromatic N) is 3. The summed E-state index contributed by atoms with van der Waals surface area (Å²) in [4.78, 5) is 10.7. The molecular formula is C15H16BrFN4. The second kappa shape index (κ2) is 4.88. The number of aromatic nitrogens is 2. The fourth-order valence-electron chi connectivity index (χ4n) is 3.50. The van der Waals surface area contributed by atoms with Crippen LogP contribution >= 0.6 is 15.9 Å². The zero-order valence-electron chi connectivity index (χ0n) is 11.6. The van der Waals surface area contributed by atoms with E-state index in [1.54, 1.807) is 6.07 Å². The lowest BCUT2D eigenvalue weighted by molar-refractivity contribution is 0.149. The van der Waals surface area contributed by atoms with Gasteiger partial charge in [0.25, 0.3) is 0 Å². The predicted octanol–water partition coefficient (Wildman–Crippen LogP) is 2.72. The molecule has 0 unspecified atom stereocenters. The van der Waals surface area contributed by atoms with E-state index >= 15 is 0 Å². The van der Waals surface area contributed by atoms with Gasteiger partial charge >= 0.3 is 0 Å². The lowest BCUT2D eigenvalue weighted by Gasteiger charge is -2.53. The second-order valence-corrected chi connectivity index (χ2v) is 6.91. The smallest absolute Gasteiger partial charge is 0.150 e. The Morgan fingerprint density at radius 2 is 1.95 bits per heavy atom. The van der Waals surface area contributed by atoms with Crippen molar-refractivity contribution >= 4 is 32.7 Å². The summed E-state index contributed by atoms with van der Waals surface area (Å²) in [5.41, 5.74) is 1.05. The van der Waals surface area contributed by atoms with Crippen molar-refractivity contribution in [2.24, 2.45) is 5.41 Å². The molecule has 0 radical (unpaired) electrons. The van der Waals surface area contributed by atoms with Gasteiger partial charge < -0.3 is 10.2 Å². The quantitative estimate of drug-likeness (QED) is 0.858. The Morgan fingerprint density at radius 3 is 2.71 bits per heavy atom. The van der Waals surface area contributed by atoms with Crippen LogP contribution in [0.5, 0.6) is 0 Å². The molecule has 2 saturated heterocycles. The van der Waals surface area contributed by atoms with Crippen molar-refractivity contribution in [3.63, 3.8) is 0 Å². The zero-order chi connectivity index (χ0) is 14.4. The van der Waals surface area contributed by atoms with Crippen LogP contribution in [0, 0.1) is 11.2 Å². The molecule has 1 aromatic carbocycles. The van der Waals surface area contributed by atoms with Gasteiger partial charge in [-0.15, -0.1) is 0 Å². The lowest BCUT2D eigenvalue weighted by atomic mass is 9.72. The minimum absolute atomic E-state index is 0.269. The standard InChI is InChI=1S/C15H16BrFN4/c16-10-1-2-11-12(13(10)17)14(20-9-19-11)21-7-15(8-21)3-5-18-6-4-15/h1-2,9,18H,3-8H2. The summed E-state index contributed by atoms with van der Waals surface area (Å²) in [6.45, 7) is 4.09. The molecule has 0 bridgehead atoms. The summed E-state index contributed by atoms with van der Waals surface area (Å²) in [5.74, 6) is 0.456. The van der Waals surface area contributed by atoms with Gasteiger partial charge in [0.1, 0.15) is 18.0 Å². The van der Waals surface area contributed by atoms with E-state index in [0.717, 1.165) is 32.0 Å². The van der Waals surface area contributed by atoms with Crippen LogP contribution in [-0.4, -0.2) is 36.1 Å². The molecule has 0 aliphatic carbocycles. The summed E-state index contributed by atoms with van der Waals surface area (Å²) < 4.78 is 14.9. The summed E-state index contributed by atoms with van der Waals surface area (Å²) in [7, 11) is 0. The number of halogens is 2. The van der Waals surface area contributed by atoms with Crippen molar-refractivity contribution in [1.29, 1.82) is 0 Å². The molecule has 4 nitrogen and oxygen atoms in total. The Labute approximate surface area is 130 Å². The number of rotatable bonds is 1. The van der Waals surface area contributed by atoms with E-state index in [2.05, 4.69) is 36.1 Å². The SMILES string of the molecule is Fc1c(Br)ccc2ncnc(N3CC4(CCNCC4)C3)c12. The van der Waals surface area contributed by atoms with Crippen molar-refractivity contribution in [2.75, 3.05) is 31.1 Å². The number of hydrogen-bond acceptors (Lipinski definition) is 4. The van der Waals surface area contributed by atoms with Gasteiger partial charge in [0.2, 0.25) is 0 Å². The van der Waals surface area contributed by atoms with Gasteiger partial charge in [-0.1, -0.05) is 0 Å². The van der Waals surface area contributed by atoms with Crippen molar-refractivity contribution in [3.8, 4) is 0 Å². The van der Waals surface area contributed by atoms with Crippen molar-refractivity contribution in [3.05, 3.63) is 28.7 Å². The second-order valence-electron chi connectivity index (χ2n) is 6.06. The van der Waals surface area contributed by atoms with Crippen LogP contribution in [0.3, 0.4) is 0 Å². The van der Waals surface area contributed by atoms with Gasteiger partial charge in [0.15, 0.2) is 0 Å². The molecule has 2 aliphatic rings. The summed E-state index contributed by atoms with van der Waals surface area (Å²) in [6, 6.07) is 3.52. The fraction of sp³-hybridized carbons (Fsp3) is 0.467. The molecule has 2 fully saturated rings. The average molecular weight is 351 g/mol. The van der Waals surface area contributed by atoms with E-state index < -0.39 is 0 Å². The van der Waals surface area contributed by atoms with E-state index in [1.807, 2.05) is 6.07 Å². The first-order valence-corrected chi connectivity index (χ1v) is 8.02. The van der Waals surface area contributed by atoms with Gasteiger partial charge in [-0.2, -0.15) is 0 Å². The predicted molar refractivity (Wildman–Crippen MR) is 83.9 cm³/mol. The molecule has 2 aromatic rings. The third-order valence-electron chi connectivity index (χ3n) is 4.69. The van der Waals surface area contributed by atoms with Crippen molar-refractivity contribution in [2.45, 2.75) is 12.8 Å². The van der Waals surface area contributed by atoms with Crippen LogP contribution in [0.25, 0.3) is 10.9 Å². The van der Waals surface area contributed by atoms with Crippen LogP contribution in [0.1, 0.15) is 12.8 Å². The number of piperidine rings is 1. The molecule has 0 amide bonds. The summed E-state index contributed by atoms with van der Waals surface area (Å²) >= 11 is 3.25. The van der Waals surface area contributed by atoms with E-state index in [1.165, 1.54) is 19.2 Å². The zero-order valence-corrected chi connectivity index (χ0v) is 13.2. The molecule has 21 heavy (non-hydrogen) atoms. The minimum Gasteiger partial charge on any atom is -0.355 e. The number of benzene rings is 1. The maximum Gasteiger partial charge on any atom is 0.150 e. The maximum atomic E-state index is 14.4. The Balaban J connectivity index is 1.70. The van der Waals surface area contributed by atoms with Crippen LogP contribution in [0.4, 0.5) is 10.2 Å². The molecule has 2 aliphatic heterocycles. The molecule has 1 spiro atoms. The first-order chi connectivity index (χ1) is 10.2. The molecule has 0 atom stereocenters. The van der Waals surface area contributed by atoms with Gasteiger partial charge in [-0.3, -0.25) is 0 Å². The Morgan fingerprint density at radius 1 is 1.19 bits per heavy atom. The molecule has 3 heterocycles. The number of nitrogens with one attached hydrogen (secondary N) is 1. The average Bonchev–Trinajstić information content (AvgIpc) is 2.49. The monoisotopic (exact) mass is 350 g/mol. The third-order valence-corrected chi connectivity index (χ3v) is 5.30. The van der Waals surface area contributed by atoms with E-state index in [-0.39, 0.29) is 5.82 Å². The van der Waals surface area contributed by atoms with Crippen LogP contribution < -0.4 is 10.2 Å². The van der Waals surface area contributed by atoms with Crippen molar-refractivity contribution < 1.29 is 4.39 Å². The van der Waals surface area contributed by atoms with Crippen LogP contribution in [0.15, 0.2) is 22.9 Å². The van der Waals surface area contributed by atoms with Crippen molar-refractivity contribution in [1.82, 2.24) is 15.3 Å². The molecule has 1 N–H and O–H groups in total. The Hall–Kier alpha value is -1.27. The summed E-state index contributed by atoms with van der Waals surface area (Å²) in [6.07, 6.45) is 3.91. The molecule has 1 aromatic heterocycles. The van der Waals surface area contributed by atoms with Gasteiger partial charge in [0.05, 0.1) is 15.4 Å². The fourth-order valence-corrected chi connectivity index (χ4v) is 3.83. The van der Waals surface area contributed by atoms with Gasteiger partial charge in [-0.05, 0) is 54.0 Å². The number of anilines is 1. The largest absolute Gasteiger partial charge is 0.355 e. The molecular weight excluding hydrogens is 335 g/mol. The van der Waals surface area contributed by atoms with Gasteiger partial charge in [-0.25, -0.2) is 14.4 Å². The highest BCUT2D eigenvalue weighted by molar-refractivity contribution is 9.10. The van der Waals surface area contributed by atoms with Crippen LogP contribution in [0.2, 0.25) is 0 Å². The highest BCUT2D eigenvalue weighted by atomic mass is 79.9. The molecule has 110 valence electrons. The first kappa shape index (κ1) is 13.4.